The number of ether oxygens (including phenoxy) is 2. The second kappa shape index (κ2) is 5.46. The Bertz CT molecular complexity index is 461. The predicted molar refractivity (Wildman–Crippen MR) is 70.1 cm³/mol. The Morgan fingerprint density at radius 1 is 1.67 bits per heavy atom. The van der Waals surface area contributed by atoms with E-state index >= 15 is 0 Å². The molecule has 5 nitrogen and oxygen atoms in total. The SMILES string of the molecule is COC(=O)c1cc(NCC2CCO2)c(N)cc1Cl. The number of methoxy groups -OCH3 is 1. The smallest absolute Gasteiger partial charge is 0.339 e. The fourth-order valence-electron chi connectivity index (χ4n) is 1.68. The quantitative estimate of drug-likeness (QED) is 0.646. The van der Waals surface area contributed by atoms with Crippen molar-refractivity contribution in [2.45, 2.75) is 12.5 Å². The normalized spacial score (nSPS) is 18.0. The van der Waals surface area contributed by atoms with Crippen LogP contribution in [0.3, 0.4) is 0 Å². The summed E-state index contributed by atoms with van der Waals surface area (Å²) in [6, 6.07) is 3.14. The number of anilines is 2. The van der Waals surface area contributed by atoms with E-state index in [1.54, 1.807) is 6.07 Å². The molecule has 98 valence electrons. The number of nitrogens with two attached hydrogens (primary N) is 1. The summed E-state index contributed by atoms with van der Waals surface area (Å²) in [5.74, 6) is -0.483. The number of hydrogen-bond donors (Lipinski definition) is 2. The van der Waals surface area contributed by atoms with Gasteiger partial charge >= 0.3 is 5.97 Å². The molecule has 1 saturated heterocycles. The highest BCUT2D eigenvalue weighted by atomic mass is 35.5. The molecule has 0 radical (unpaired) electrons. The van der Waals surface area contributed by atoms with Gasteiger partial charge in [0.1, 0.15) is 0 Å². The second-order valence-corrected chi connectivity index (χ2v) is 4.48. The van der Waals surface area contributed by atoms with E-state index in [0.29, 0.717) is 23.5 Å². The van der Waals surface area contributed by atoms with Gasteiger partial charge < -0.3 is 20.5 Å². The molecule has 6 heteroatoms. The van der Waals surface area contributed by atoms with Gasteiger partial charge in [-0.05, 0) is 18.6 Å². The monoisotopic (exact) mass is 270 g/mol. The van der Waals surface area contributed by atoms with Crippen molar-refractivity contribution in [1.82, 2.24) is 0 Å². The minimum absolute atomic E-state index is 0.210. The van der Waals surface area contributed by atoms with Crippen molar-refractivity contribution in [3.05, 3.63) is 22.7 Å². The summed E-state index contributed by atoms with van der Waals surface area (Å²) in [7, 11) is 1.31. The molecule has 1 aromatic carbocycles. The number of carbonyl (C=O) groups is 1. The minimum atomic E-state index is -0.483. The van der Waals surface area contributed by atoms with Crippen LogP contribution in [0.2, 0.25) is 5.02 Å². The third-order valence-electron chi connectivity index (χ3n) is 2.86. The van der Waals surface area contributed by atoms with E-state index in [1.165, 1.54) is 13.2 Å². The zero-order valence-electron chi connectivity index (χ0n) is 10.0. The third-order valence-corrected chi connectivity index (χ3v) is 3.17. The number of carbonyl (C=O) groups excluding carboxylic acids is 1. The molecule has 0 amide bonds. The lowest BCUT2D eigenvalue weighted by molar-refractivity contribution is -0.0410. The van der Waals surface area contributed by atoms with Gasteiger partial charge in [-0.15, -0.1) is 0 Å². The molecule has 1 aromatic rings. The first kappa shape index (κ1) is 13.0. The molecule has 1 aliphatic heterocycles. The van der Waals surface area contributed by atoms with Gasteiger partial charge in [0.2, 0.25) is 0 Å². The molecule has 0 aliphatic carbocycles. The largest absolute Gasteiger partial charge is 0.465 e. The number of nitrogens with one attached hydrogen (secondary N) is 1. The van der Waals surface area contributed by atoms with Crippen LogP contribution >= 0.6 is 11.6 Å². The second-order valence-electron chi connectivity index (χ2n) is 4.07. The molecule has 1 unspecified atom stereocenters. The number of hydrogen-bond acceptors (Lipinski definition) is 5. The lowest BCUT2D eigenvalue weighted by atomic mass is 10.1. The average Bonchev–Trinajstić information content (AvgIpc) is 2.28. The van der Waals surface area contributed by atoms with Crippen LogP contribution in [0.5, 0.6) is 0 Å². The van der Waals surface area contributed by atoms with Gasteiger partial charge in [-0.25, -0.2) is 4.79 Å². The molecule has 1 aliphatic rings. The van der Waals surface area contributed by atoms with Gasteiger partial charge in [-0.2, -0.15) is 0 Å². The van der Waals surface area contributed by atoms with Gasteiger partial charge in [0.25, 0.3) is 0 Å². The summed E-state index contributed by atoms with van der Waals surface area (Å²) in [6.45, 7) is 1.46. The fourth-order valence-corrected chi connectivity index (χ4v) is 1.93. The molecule has 0 aromatic heterocycles. The number of esters is 1. The van der Waals surface area contributed by atoms with Crippen LogP contribution in [0.1, 0.15) is 16.8 Å². The van der Waals surface area contributed by atoms with Gasteiger partial charge in [-0.1, -0.05) is 11.6 Å². The topological polar surface area (TPSA) is 73.6 Å². The zero-order chi connectivity index (χ0) is 13.1. The van der Waals surface area contributed by atoms with Crippen molar-refractivity contribution in [2.75, 3.05) is 31.3 Å². The Morgan fingerprint density at radius 2 is 2.39 bits per heavy atom. The van der Waals surface area contributed by atoms with Crippen molar-refractivity contribution < 1.29 is 14.3 Å². The van der Waals surface area contributed by atoms with E-state index in [0.717, 1.165) is 13.0 Å². The van der Waals surface area contributed by atoms with Crippen LogP contribution in [0, 0.1) is 0 Å². The predicted octanol–water partition coefficient (Wildman–Crippen LogP) is 1.91. The number of rotatable bonds is 4. The average molecular weight is 271 g/mol. The number of benzene rings is 1. The van der Waals surface area contributed by atoms with Gasteiger partial charge in [0, 0.05) is 13.2 Å². The highest BCUT2D eigenvalue weighted by Crippen LogP contribution is 2.28. The van der Waals surface area contributed by atoms with E-state index in [9.17, 15) is 4.79 Å². The summed E-state index contributed by atoms with van der Waals surface area (Å²) in [6.07, 6.45) is 1.24. The van der Waals surface area contributed by atoms with Crippen molar-refractivity contribution >= 4 is 28.9 Å². The lowest BCUT2D eigenvalue weighted by Crippen LogP contribution is -2.33. The maximum Gasteiger partial charge on any atom is 0.339 e. The molecule has 1 atom stereocenters. The Balaban J connectivity index is 2.15. The van der Waals surface area contributed by atoms with Crippen LogP contribution < -0.4 is 11.1 Å². The Labute approximate surface area is 110 Å². The maximum atomic E-state index is 11.5. The standard InChI is InChI=1S/C12H15ClN2O3/c1-17-12(16)8-4-11(10(14)5-9(8)13)15-6-7-2-3-18-7/h4-5,7,15H,2-3,6,14H2,1H3. The zero-order valence-corrected chi connectivity index (χ0v) is 10.8. The molecule has 1 fully saturated rings. The lowest BCUT2D eigenvalue weighted by Gasteiger charge is -2.27. The van der Waals surface area contributed by atoms with Crippen LogP contribution in [0.25, 0.3) is 0 Å². The molecule has 0 bridgehead atoms. The van der Waals surface area contributed by atoms with Crippen molar-refractivity contribution in [2.24, 2.45) is 0 Å². The summed E-state index contributed by atoms with van der Waals surface area (Å²) in [5, 5.41) is 3.43. The first-order valence-corrected chi connectivity index (χ1v) is 6.02. The van der Waals surface area contributed by atoms with Crippen molar-refractivity contribution in [3.8, 4) is 0 Å². The van der Waals surface area contributed by atoms with Crippen LogP contribution in [0.15, 0.2) is 12.1 Å². The Morgan fingerprint density at radius 3 is 2.94 bits per heavy atom. The Hall–Kier alpha value is -1.46. The van der Waals surface area contributed by atoms with E-state index in [-0.39, 0.29) is 11.1 Å². The summed E-state index contributed by atoms with van der Waals surface area (Å²) in [4.78, 5) is 11.5. The number of nitrogen functional groups attached to an aromatic ring is 1. The Kier molecular flexibility index (Phi) is 3.93. The maximum absolute atomic E-state index is 11.5. The van der Waals surface area contributed by atoms with Gasteiger partial charge in [0.05, 0.1) is 35.2 Å². The molecule has 0 spiro atoms. The fraction of sp³-hybridized carbons (Fsp3) is 0.417. The summed E-state index contributed by atoms with van der Waals surface area (Å²) >= 11 is 5.94. The molecule has 1 heterocycles. The van der Waals surface area contributed by atoms with Crippen LogP contribution in [-0.2, 0) is 9.47 Å². The molecule has 3 N–H and O–H groups in total. The van der Waals surface area contributed by atoms with Crippen LogP contribution in [-0.4, -0.2) is 32.3 Å². The van der Waals surface area contributed by atoms with E-state index < -0.39 is 5.97 Å². The van der Waals surface area contributed by atoms with Crippen molar-refractivity contribution in [3.63, 3.8) is 0 Å². The van der Waals surface area contributed by atoms with E-state index in [4.69, 9.17) is 22.1 Å². The first-order valence-electron chi connectivity index (χ1n) is 5.64. The van der Waals surface area contributed by atoms with E-state index in [2.05, 4.69) is 10.1 Å². The van der Waals surface area contributed by atoms with E-state index in [1.807, 2.05) is 0 Å². The van der Waals surface area contributed by atoms with Crippen molar-refractivity contribution in [1.29, 1.82) is 0 Å². The summed E-state index contributed by atoms with van der Waals surface area (Å²) in [5.41, 5.74) is 7.29. The highest BCUT2D eigenvalue weighted by Gasteiger charge is 2.19. The minimum Gasteiger partial charge on any atom is -0.465 e. The van der Waals surface area contributed by atoms with Gasteiger partial charge in [-0.3, -0.25) is 0 Å². The first-order chi connectivity index (χ1) is 8.61. The highest BCUT2D eigenvalue weighted by molar-refractivity contribution is 6.34. The van der Waals surface area contributed by atoms with Crippen LogP contribution in [0.4, 0.5) is 11.4 Å². The molecular weight excluding hydrogens is 256 g/mol. The number of halogens is 1. The van der Waals surface area contributed by atoms with Gasteiger partial charge in [0.15, 0.2) is 0 Å². The summed E-state index contributed by atoms with van der Waals surface area (Å²) < 4.78 is 9.95. The molecule has 2 rings (SSSR count). The third kappa shape index (κ3) is 2.68. The molecular formula is C12H15ClN2O3. The molecule has 0 saturated carbocycles. The molecule has 18 heavy (non-hydrogen) atoms.